The van der Waals surface area contributed by atoms with Gasteiger partial charge in [-0.1, -0.05) is 19.9 Å². The Labute approximate surface area is 110 Å². The monoisotopic (exact) mass is 267 g/mol. The molecule has 7 heteroatoms. The molecule has 0 aromatic heterocycles. The molecule has 1 aromatic rings. The van der Waals surface area contributed by atoms with E-state index in [1.807, 2.05) is 13.8 Å². The van der Waals surface area contributed by atoms with Gasteiger partial charge < -0.3 is 16.2 Å². The zero-order valence-corrected chi connectivity index (χ0v) is 10.8. The zero-order valence-electron chi connectivity index (χ0n) is 10.8. The van der Waals surface area contributed by atoms with Gasteiger partial charge in [0.05, 0.1) is 11.0 Å². The van der Waals surface area contributed by atoms with E-state index >= 15 is 0 Å². The van der Waals surface area contributed by atoms with Crippen LogP contribution < -0.4 is 11.1 Å². The van der Waals surface area contributed by atoms with Gasteiger partial charge in [0.2, 0.25) is 5.91 Å². The lowest BCUT2D eigenvalue weighted by Gasteiger charge is -2.14. The number of nitro benzene ring substituents is 1. The first-order chi connectivity index (χ1) is 8.82. The van der Waals surface area contributed by atoms with Crippen LogP contribution in [0.15, 0.2) is 18.2 Å². The quantitative estimate of drug-likeness (QED) is 0.425. The Hall–Kier alpha value is -2.15. The number of aromatic hydroxyl groups is 1. The van der Waals surface area contributed by atoms with Gasteiger partial charge in [0, 0.05) is 6.07 Å². The summed E-state index contributed by atoms with van der Waals surface area (Å²) in [5.41, 5.74) is 5.08. The number of amides is 1. The number of nitrogens with zero attached hydrogens (tertiary/aromatic N) is 1. The molecular formula is C12H17N3O4. The third-order valence-corrected chi connectivity index (χ3v) is 2.53. The summed E-state index contributed by atoms with van der Waals surface area (Å²) in [5, 5.41) is 22.7. The molecule has 0 radical (unpaired) electrons. The Morgan fingerprint density at radius 1 is 1.53 bits per heavy atom. The molecule has 4 N–H and O–H groups in total. The Bertz CT molecular complexity index is 488. The summed E-state index contributed by atoms with van der Waals surface area (Å²) < 4.78 is 0. The normalized spacial score (nSPS) is 12.2. The molecule has 104 valence electrons. The number of hydrogen-bond acceptors (Lipinski definition) is 5. The maximum Gasteiger partial charge on any atom is 0.296 e. The largest absolute Gasteiger partial charge is 0.505 e. The minimum Gasteiger partial charge on any atom is -0.505 e. The number of nitrogens with two attached hydrogens (primary N) is 1. The van der Waals surface area contributed by atoms with E-state index in [9.17, 15) is 20.0 Å². The second-order valence-corrected chi connectivity index (χ2v) is 4.65. The summed E-state index contributed by atoms with van der Waals surface area (Å²) in [5.74, 6) is -0.697. The van der Waals surface area contributed by atoms with Crippen LogP contribution in [0.5, 0.6) is 5.75 Å². The number of anilines is 1. The molecular weight excluding hydrogens is 250 g/mol. The maximum atomic E-state index is 11.8. The van der Waals surface area contributed by atoms with E-state index in [1.165, 1.54) is 18.2 Å². The SMILES string of the molecule is CC(C)C[C@@H](N)C(=O)Nc1c(O)cccc1[N+](=O)[O-]. The van der Waals surface area contributed by atoms with E-state index in [2.05, 4.69) is 5.32 Å². The van der Waals surface area contributed by atoms with Gasteiger partial charge in [-0.25, -0.2) is 0 Å². The molecule has 0 heterocycles. The average Bonchev–Trinajstić information content (AvgIpc) is 2.30. The highest BCUT2D eigenvalue weighted by Crippen LogP contribution is 2.33. The van der Waals surface area contributed by atoms with E-state index in [0.29, 0.717) is 6.42 Å². The fraction of sp³-hybridized carbons (Fsp3) is 0.417. The first-order valence-corrected chi connectivity index (χ1v) is 5.85. The van der Waals surface area contributed by atoms with Crippen LogP contribution in [0, 0.1) is 16.0 Å². The van der Waals surface area contributed by atoms with Crippen molar-refractivity contribution in [1.29, 1.82) is 0 Å². The molecule has 0 unspecified atom stereocenters. The molecule has 19 heavy (non-hydrogen) atoms. The highest BCUT2D eigenvalue weighted by molar-refractivity contribution is 5.98. The van der Waals surface area contributed by atoms with Gasteiger partial charge in [-0.3, -0.25) is 14.9 Å². The van der Waals surface area contributed by atoms with Crippen LogP contribution in [0.4, 0.5) is 11.4 Å². The van der Waals surface area contributed by atoms with Crippen LogP contribution in [0.25, 0.3) is 0 Å². The summed E-state index contributed by atoms with van der Waals surface area (Å²) in [7, 11) is 0. The molecule has 1 atom stereocenters. The minimum absolute atomic E-state index is 0.222. The first kappa shape index (κ1) is 14.9. The van der Waals surface area contributed by atoms with Crippen molar-refractivity contribution in [3.05, 3.63) is 28.3 Å². The summed E-state index contributed by atoms with van der Waals surface area (Å²) >= 11 is 0. The van der Waals surface area contributed by atoms with Crippen LogP contribution in [0.1, 0.15) is 20.3 Å². The number of rotatable bonds is 5. The van der Waals surface area contributed by atoms with Crippen LogP contribution in [-0.2, 0) is 4.79 Å². The van der Waals surface area contributed by atoms with Gasteiger partial charge in [0.25, 0.3) is 5.69 Å². The van der Waals surface area contributed by atoms with Crippen LogP contribution in [0.2, 0.25) is 0 Å². The second kappa shape index (κ2) is 6.14. The molecule has 0 bridgehead atoms. The zero-order chi connectivity index (χ0) is 14.6. The van der Waals surface area contributed by atoms with E-state index in [0.717, 1.165) is 0 Å². The lowest BCUT2D eigenvalue weighted by Crippen LogP contribution is -2.36. The number of hydrogen-bond donors (Lipinski definition) is 3. The second-order valence-electron chi connectivity index (χ2n) is 4.65. The summed E-state index contributed by atoms with van der Waals surface area (Å²) in [4.78, 5) is 21.9. The number of carbonyl (C=O) groups excluding carboxylic acids is 1. The van der Waals surface area contributed by atoms with Crippen molar-refractivity contribution in [3.63, 3.8) is 0 Å². The molecule has 1 aromatic carbocycles. The third kappa shape index (κ3) is 3.92. The van der Waals surface area contributed by atoms with Crippen molar-refractivity contribution in [2.24, 2.45) is 11.7 Å². The molecule has 0 saturated carbocycles. The standard InChI is InChI=1S/C12H17N3O4/c1-7(2)6-8(13)12(17)14-11-9(15(18)19)4-3-5-10(11)16/h3-5,7-8,16H,6,13H2,1-2H3,(H,14,17)/t8-/m1/s1. The summed E-state index contributed by atoms with van der Waals surface area (Å²) in [6.07, 6.45) is 0.452. The molecule has 0 aliphatic heterocycles. The Morgan fingerprint density at radius 3 is 2.68 bits per heavy atom. The van der Waals surface area contributed by atoms with Crippen LogP contribution in [-0.4, -0.2) is 22.0 Å². The fourth-order valence-electron chi connectivity index (χ4n) is 1.64. The predicted molar refractivity (Wildman–Crippen MR) is 70.8 cm³/mol. The first-order valence-electron chi connectivity index (χ1n) is 5.85. The molecule has 0 fully saturated rings. The average molecular weight is 267 g/mol. The lowest BCUT2D eigenvalue weighted by atomic mass is 10.0. The van der Waals surface area contributed by atoms with E-state index in [4.69, 9.17) is 5.73 Å². The predicted octanol–water partition coefficient (Wildman–Crippen LogP) is 1.61. The van der Waals surface area contributed by atoms with Crippen LogP contribution >= 0.6 is 0 Å². The van der Waals surface area contributed by atoms with E-state index < -0.39 is 16.9 Å². The number of para-hydroxylation sites is 1. The highest BCUT2D eigenvalue weighted by atomic mass is 16.6. The van der Waals surface area contributed by atoms with Gasteiger partial charge in [-0.15, -0.1) is 0 Å². The van der Waals surface area contributed by atoms with Gasteiger partial charge in [-0.05, 0) is 18.4 Å². The topological polar surface area (TPSA) is 118 Å². The number of carbonyl (C=O) groups is 1. The summed E-state index contributed by atoms with van der Waals surface area (Å²) in [6.45, 7) is 3.82. The highest BCUT2D eigenvalue weighted by Gasteiger charge is 2.22. The number of benzene rings is 1. The van der Waals surface area contributed by atoms with E-state index in [-0.39, 0.29) is 23.0 Å². The van der Waals surface area contributed by atoms with Crippen molar-refractivity contribution in [1.82, 2.24) is 0 Å². The molecule has 7 nitrogen and oxygen atoms in total. The number of phenols is 1. The van der Waals surface area contributed by atoms with Crippen molar-refractivity contribution in [2.45, 2.75) is 26.3 Å². The smallest absolute Gasteiger partial charge is 0.296 e. The van der Waals surface area contributed by atoms with Gasteiger partial charge in [-0.2, -0.15) is 0 Å². The van der Waals surface area contributed by atoms with Crippen molar-refractivity contribution in [2.75, 3.05) is 5.32 Å². The summed E-state index contributed by atoms with van der Waals surface area (Å²) in [6, 6.07) is 3.01. The van der Waals surface area contributed by atoms with Crippen molar-refractivity contribution < 1.29 is 14.8 Å². The third-order valence-electron chi connectivity index (χ3n) is 2.53. The van der Waals surface area contributed by atoms with E-state index in [1.54, 1.807) is 0 Å². The molecule has 0 spiro atoms. The van der Waals surface area contributed by atoms with Gasteiger partial charge in [0.15, 0.2) is 5.69 Å². The maximum absolute atomic E-state index is 11.8. The molecule has 1 rings (SSSR count). The molecule has 0 aliphatic carbocycles. The van der Waals surface area contributed by atoms with Gasteiger partial charge >= 0.3 is 0 Å². The fourth-order valence-corrected chi connectivity index (χ4v) is 1.64. The van der Waals surface area contributed by atoms with Crippen molar-refractivity contribution >= 4 is 17.3 Å². The number of nitrogens with one attached hydrogen (secondary N) is 1. The Kier molecular flexibility index (Phi) is 4.82. The Morgan fingerprint density at radius 2 is 2.16 bits per heavy atom. The molecule has 1 amide bonds. The van der Waals surface area contributed by atoms with Gasteiger partial charge in [0.1, 0.15) is 5.75 Å². The minimum atomic E-state index is -0.779. The molecule has 0 aliphatic rings. The number of phenolic OH excluding ortho intramolecular Hbond substituents is 1. The Balaban J connectivity index is 2.93. The molecule has 0 saturated heterocycles. The lowest BCUT2D eigenvalue weighted by molar-refractivity contribution is -0.384. The van der Waals surface area contributed by atoms with Crippen LogP contribution in [0.3, 0.4) is 0 Å². The number of nitro groups is 1. The van der Waals surface area contributed by atoms with Crippen molar-refractivity contribution in [3.8, 4) is 5.75 Å².